The van der Waals surface area contributed by atoms with Crippen LogP contribution < -0.4 is 5.73 Å². The summed E-state index contributed by atoms with van der Waals surface area (Å²) in [4.78, 5) is 14.0. The molecule has 2 N–H and O–H groups in total. The van der Waals surface area contributed by atoms with Crippen molar-refractivity contribution in [3.63, 3.8) is 0 Å². The van der Waals surface area contributed by atoms with E-state index in [2.05, 4.69) is 0 Å². The fourth-order valence-corrected chi connectivity index (χ4v) is 1.98. The first kappa shape index (κ1) is 12.0. The Hall–Kier alpha value is -1.51. The van der Waals surface area contributed by atoms with Crippen LogP contribution in [0.1, 0.15) is 38.2 Å². The first-order valence-electron chi connectivity index (χ1n) is 6.34. The number of hydrogen-bond donors (Lipinski definition) is 1. The summed E-state index contributed by atoms with van der Waals surface area (Å²) >= 11 is 0. The fourth-order valence-electron chi connectivity index (χ4n) is 1.98. The summed E-state index contributed by atoms with van der Waals surface area (Å²) in [6, 6.07) is 8.27. The van der Waals surface area contributed by atoms with E-state index in [9.17, 15) is 4.79 Å². The van der Waals surface area contributed by atoms with E-state index in [0.717, 1.165) is 37.1 Å². The fraction of sp³-hybridized carbons (Fsp3) is 0.500. The Morgan fingerprint density at radius 3 is 2.53 bits per heavy atom. The molecule has 1 aromatic rings. The molecule has 3 heteroatoms. The van der Waals surface area contributed by atoms with Crippen molar-refractivity contribution in [1.82, 2.24) is 4.90 Å². The van der Waals surface area contributed by atoms with Crippen molar-refractivity contribution in [1.29, 1.82) is 0 Å². The first-order chi connectivity index (χ1) is 8.20. The standard InChI is InChI=1S/C14H20N2O/c1-2-3-14(17)16(13-8-9-13)10-11-4-6-12(15)7-5-11/h4-7,13H,2-3,8-10,15H2,1H3. The van der Waals surface area contributed by atoms with Crippen molar-refractivity contribution in [3.05, 3.63) is 29.8 Å². The molecular weight excluding hydrogens is 212 g/mol. The molecule has 2 rings (SSSR count). The molecular formula is C14H20N2O. The largest absolute Gasteiger partial charge is 0.399 e. The predicted octanol–water partition coefficient (Wildman–Crippen LogP) is 2.56. The third-order valence-electron chi connectivity index (χ3n) is 3.10. The number of anilines is 1. The monoisotopic (exact) mass is 232 g/mol. The summed E-state index contributed by atoms with van der Waals surface area (Å²) in [6.07, 6.45) is 3.89. The number of benzene rings is 1. The Balaban J connectivity index is 2.02. The second kappa shape index (κ2) is 5.21. The van der Waals surface area contributed by atoms with Crippen LogP contribution in [0.3, 0.4) is 0 Å². The van der Waals surface area contributed by atoms with Gasteiger partial charge in [0.1, 0.15) is 0 Å². The Morgan fingerprint density at radius 1 is 1.35 bits per heavy atom. The Kier molecular flexibility index (Phi) is 3.67. The van der Waals surface area contributed by atoms with Crippen LogP contribution in [0, 0.1) is 0 Å². The second-order valence-electron chi connectivity index (χ2n) is 4.74. The van der Waals surface area contributed by atoms with Crippen LogP contribution in [0.25, 0.3) is 0 Å². The normalized spacial score (nSPS) is 14.6. The predicted molar refractivity (Wildman–Crippen MR) is 69.3 cm³/mol. The average Bonchev–Trinajstić information content (AvgIpc) is 3.12. The van der Waals surface area contributed by atoms with Crippen LogP contribution in [0.4, 0.5) is 5.69 Å². The number of nitrogens with zero attached hydrogens (tertiary/aromatic N) is 1. The van der Waals surface area contributed by atoms with Crippen molar-refractivity contribution in [3.8, 4) is 0 Å². The molecule has 0 saturated heterocycles. The van der Waals surface area contributed by atoms with Crippen LogP contribution in [-0.4, -0.2) is 16.8 Å². The van der Waals surface area contributed by atoms with Crippen LogP contribution >= 0.6 is 0 Å². The quantitative estimate of drug-likeness (QED) is 0.793. The molecule has 3 nitrogen and oxygen atoms in total. The molecule has 1 aliphatic rings. The number of carbonyl (C=O) groups excluding carboxylic acids is 1. The lowest BCUT2D eigenvalue weighted by molar-refractivity contribution is -0.132. The molecule has 17 heavy (non-hydrogen) atoms. The van der Waals surface area contributed by atoms with Crippen LogP contribution in [0.2, 0.25) is 0 Å². The van der Waals surface area contributed by atoms with Gasteiger partial charge < -0.3 is 10.6 Å². The van der Waals surface area contributed by atoms with Crippen molar-refractivity contribution in [2.75, 3.05) is 5.73 Å². The van der Waals surface area contributed by atoms with E-state index in [-0.39, 0.29) is 5.91 Å². The van der Waals surface area contributed by atoms with Crippen molar-refractivity contribution in [2.24, 2.45) is 0 Å². The van der Waals surface area contributed by atoms with Gasteiger partial charge in [-0.05, 0) is 37.0 Å². The molecule has 1 aromatic carbocycles. The van der Waals surface area contributed by atoms with Gasteiger partial charge in [0.15, 0.2) is 0 Å². The van der Waals surface area contributed by atoms with Gasteiger partial charge in [-0.2, -0.15) is 0 Å². The van der Waals surface area contributed by atoms with Crippen LogP contribution in [0.5, 0.6) is 0 Å². The summed E-state index contributed by atoms with van der Waals surface area (Å²) in [5.41, 5.74) is 7.59. The summed E-state index contributed by atoms with van der Waals surface area (Å²) in [7, 11) is 0. The average molecular weight is 232 g/mol. The highest BCUT2D eigenvalue weighted by atomic mass is 16.2. The minimum Gasteiger partial charge on any atom is -0.399 e. The highest BCUT2D eigenvalue weighted by molar-refractivity contribution is 5.76. The smallest absolute Gasteiger partial charge is 0.223 e. The van der Waals surface area contributed by atoms with Crippen molar-refractivity contribution < 1.29 is 4.79 Å². The van der Waals surface area contributed by atoms with Gasteiger partial charge in [0, 0.05) is 24.7 Å². The SMILES string of the molecule is CCCC(=O)N(Cc1ccc(N)cc1)C1CC1. The van der Waals surface area contributed by atoms with Gasteiger partial charge in [-0.3, -0.25) is 4.79 Å². The summed E-state index contributed by atoms with van der Waals surface area (Å²) in [5, 5.41) is 0. The van der Waals surface area contributed by atoms with Gasteiger partial charge in [-0.25, -0.2) is 0 Å². The molecule has 92 valence electrons. The lowest BCUT2D eigenvalue weighted by Crippen LogP contribution is -2.32. The zero-order valence-electron chi connectivity index (χ0n) is 10.4. The molecule has 1 aliphatic carbocycles. The lowest BCUT2D eigenvalue weighted by Gasteiger charge is -2.22. The van der Waals surface area contributed by atoms with Crippen molar-refractivity contribution in [2.45, 2.75) is 45.2 Å². The minimum atomic E-state index is 0.284. The van der Waals surface area contributed by atoms with Crippen LogP contribution in [-0.2, 0) is 11.3 Å². The zero-order valence-corrected chi connectivity index (χ0v) is 10.4. The Bertz CT molecular complexity index is 382. The first-order valence-corrected chi connectivity index (χ1v) is 6.34. The van der Waals surface area contributed by atoms with Crippen LogP contribution in [0.15, 0.2) is 24.3 Å². The highest BCUT2D eigenvalue weighted by Crippen LogP contribution is 2.29. The topological polar surface area (TPSA) is 46.3 Å². The number of nitrogens with two attached hydrogens (primary N) is 1. The molecule has 0 unspecified atom stereocenters. The van der Waals surface area contributed by atoms with E-state index in [1.165, 1.54) is 0 Å². The van der Waals surface area contributed by atoms with E-state index >= 15 is 0 Å². The number of rotatable bonds is 5. The maximum absolute atomic E-state index is 12.0. The summed E-state index contributed by atoms with van der Waals surface area (Å²) < 4.78 is 0. The molecule has 0 spiro atoms. The second-order valence-corrected chi connectivity index (χ2v) is 4.74. The van der Waals surface area contributed by atoms with E-state index in [0.29, 0.717) is 12.5 Å². The molecule has 0 bridgehead atoms. The molecule has 0 aliphatic heterocycles. The van der Waals surface area contributed by atoms with Crippen molar-refractivity contribution >= 4 is 11.6 Å². The molecule has 1 amide bonds. The van der Waals surface area contributed by atoms with Gasteiger partial charge in [-0.1, -0.05) is 19.1 Å². The molecule has 1 fully saturated rings. The zero-order chi connectivity index (χ0) is 12.3. The van der Waals surface area contributed by atoms with E-state index in [4.69, 9.17) is 5.73 Å². The molecule has 0 radical (unpaired) electrons. The maximum atomic E-state index is 12.0. The molecule has 1 saturated carbocycles. The highest BCUT2D eigenvalue weighted by Gasteiger charge is 2.31. The molecule has 0 aromatic heterocycles. The van der Waals surface area contributed by atoms with E-state index in [1.807, 2.05) is 36.1 Å². The van der Waals surface area contributed by atoms with Gasteiger partial charge in [0.2, 0.25) is 5.91 Å². The third-order valence-corrected chi connectivity index (χ3v) is 3.10. The van der Waals surface area contributed by atoms with Gasteiger partial charge in [0.05, 0.1) is 0 Å². The molecule has 0 atom stereocenters. The lowest BCUT2D eigenvalue weighted by atomic mass is 10.2. The number of hydrogen-bond acceptors (Lipinski definition) is 2. The van der Waals surface area contributed by atoms with Gasteiger partial charge in [-0.15, -0.1) is 0 Å². The Morgan fingerprint density at radius 2 is 2.00 bits per heavy atom. The maximum Gasteiger partial charge on any atom is 0.223 e. The number of nitrogen functional groups attached to an aromatic ring is 1. The summed E-state index contributed by atoms with van der Waals surface area (Å²) in [5.74, 6) is 0.284. The minimum absolute atomic E-state index is 0.284. The number of amides is 1. The summed E-state index contributed by atoms with van der Waals surface area (Å²) in [6.45, 7) is 2.77. The van der Waals surface area contributed by atoms with E-state index in [1.54, 1.807) is 0 Å². The van der Waals surface area contributed by atoms with Gasteiger partial charge in [0.25, 0.3) is 0 Å². The third kappa shape index (κ3) is 3.22. The number of carbonyl (C=O) groups is 1. The molecule has 0 heterocycles. The Labute approximate surface area is 103 Å². The van der Waals surface area contributed by atoms with Gasteiger partial charge >= 0.3 is 0 Å². The van der Waals surface area contributed by atoms with E-state index < -0.39 is 0 Å².